The Bertz CT molecular complexity index is 3000. The Hall–Kier alpha value is -5.00. The zero-order valence-electron chi connectivity index (χ0n) is 37.9. The van der Waals surface area contributed by atoms with Gasteiger partial charge in [-0.3, -0.25) is 0 Å². The topological polar surface area (TPSA) is 9.72 Å². The predicted octanol–water partition coefficient (Wildman–Crippen LogP) is 10.1. The van der Waals surface area contributed by atoms with E-state index in [4.69, 9.17) is 0 Å². The lowest BCUT2D eigenvalue weighted by Crippen LogP contribution is -2.93. The molecule has 3 nitrogen and oxygen atoms in total. The van der Waals surface area contributed by atoms with E-state index in [1.54, 1.807) is 32.3 Å². The van der Waals surface area contributed by atoms with Crippen molar-refractivity contribution in [3.05, 3.63) is 139 Å². The number of hydrogen-bond acceptors (Lipinski definition) is 3. The van der Waals surface area contributed by atoms with Gasteiger partial charge in [0.15, 0.2) is 0 Å². The van der Waals surface area contributed by atoms with Crippen LogP contribution in [0.5, 0.6) is 0 Å². The first-order valence-electron chi connectivity index (χ1n) is 24.6. The van der Waals surface area contributed by atoms with E-state index in [1.807, 2.05) is 0 Å². The molecule has 312 valence electrons. The molecule has 6 aromatic carbocycles. The van der Waals surface area contributed by atoms with Gasteiger partial charge in [0, 0.05) is 50.6 Å². The fourth-order valence-corrected chi connectivity index (χ4v) is 21.8. The summed E-state index contributed by atoms with van der Waals surface area (Å²) in [7, 11) is -2.47. The van der Waals surface area contributed by atoms with E-state index in [0.29, 0.717) is 5.41 Å². The molecule has 5 heteroatoms. The van der Waals surface area contributed by atoms with Gasteiger partial charge in [0.2, 0.25) is 0 Å². The van der Waals surface area contributed by atoms with Crippen LogP contribution in [0.2, 0.25) is 6.55 Å². The lowest BCUT2D eigenvalue weighted by atomic mass is 9.15. The third-order valence-electron chi connectivity index (χ3n) is 20.4. The number of para-hydroxylation sites is 1. The fourth-order valence-electron chi connectivity index (χ4n) is 17.5. The Morgan fingerprint density at radius 1 is 0.587 bits per heavy atom. The monoisotopic (exact) mass is 835 g/mol. The summed E-state index contributed by atoms with van der Waals surface area (Å²) >= 11 is 0. The van der Waals surface area contributed by atoms with E-state index >= 15 is 0 Å². The van der Waals surface area contributed by atoms with Crippen LogP contribution in [-0.2, 0) is 10.8 Å². The van der Waals surface area contributed by atoms with Crippen molar-refractivity contribution in [3.8, 4) is 0 Å². The van der Waals surface area contributed by atoms with Gasteiger partial charge in [-0.1, -0.05) is 142 Å². The van der Waals surface area contributed by atoms with Crippen LogP contribution in [-0.4, -0.2) is 25.9 Å². The zero-order chi connectivity index (χ0) is 42.2. The Morgan fingerprint density at radius 2 is 1.22 bits per heavy atom. The number of hydrogen-bond donors (Lipinski definition) is 0. The molecule has 63 heavy (non-hydrogen) atoms. The highest BCUT2D eigenvalue weighted by atomic mass is 28.3. The van der Waals surface area contributed by atoms with Crippen molar-refractivity contribution in [2.24, 2.45) is 23.2 Å². The second-order valence-electron chi connectivity index (χ2n) is 23.4. The van der Waals surface area contributed by atoms with Gasteiger partial charge in [-0.2, -0.15) is 0 Å². The van der Waals surface area contributed by atoms with Gasteiger partial charge in [0.05, 0.1) is 11.1 Å². The summed E-state index contributed by atoms with van der Waals surface area (Å²) < 4.78 is 0. The van der Waals surface area contributed by atoms with Crippen molar-refractivity contribution in [3.63, 3.8) is 0 Å². The van der Waals surface area contributed by atoms with Crippen LogP contribution in [0.1, 0.15) is 97.1 Å². The average molecular weight is 836 g/mol. The van der Waals surface area contributed by atoms with Crippen LogP contribution < -0.4 is 46.6 Å². The Balaban J connectivity index is 1.07. The Labute approximate surface area is 375 Å². The minimum Gasteiger partial charge on any atom is -0.335 e. The Morgan fingerprint density at radius 3 is 1.92 bits per heavy atom. The SMILES string of the molecule is CC(C)(C)c1ccc(N2c3cc(N4c5ccccc5C5(C)CCCCC45C)cc4c3B3c5c2cccc5[Si](C)(c2ccccc2)c2cccc(c23)N4C23CC4CC5CC(C2)C543)cc1. The van der Waals surface area contributed by atoms with E-state index in [-0.39, 0.29) is 28.6 Å². The maximum atomic E-state index is 3.09. The first kappa shape index (κ1) is 36.4. The normalized spacial score (nSPS) is 33.7. The maximum Gasteiger partial charge on any atom is 0.251 e. The third kappa shape index (κ3) is 3.80. The van der Waals surface area contributed by atoms with Crippen molar-refractivity contribution in [2.75, 3.05) is 14.7 Å². The van der Waals surface area contributed by atoms with Crippen LogP contribution in [0.4, 0.5) is 39.8 Å². The molecular formula is C58H58BN3Si. The molecule has 0 radical (unpaired) electrons. The first-order valence-corrected chi connectivity index (χ1v) is 27.1. The van der Waals surface area contributed by atoms with Gasteiger partial charge in [0.1, 0.15) is 8.07 Å². The minimum atomic E-state index is -2.47. The number of anilines is 7. The van der Waals surface area contributed by atoms with E-state index in [0.717, 1.165) is 17.8 Å². The van der Waals surface area contributed by atoms with Crippen molar-refractivity contribution in [1.82, 2.24) is 0 Å². The minimum absolute atomic E-state index is 0.0273. The highest BCUT2D eigenvalue weighted by Gasteiger charge is 2.89. The summed E-state index contributed by atoms with van der Waals surface area (Å²) in [5.74, 6) is 2.73. The molecule has 1 spiro atoms. The summed E-state index contributed by atoms with van der Waals surface area (Å²) in [4.78, 5) is 8.70. The van der Waals surface area contributed by atoms with Gasteiger partial charge >= 0.3 is 0 Å². The van der Waals surface area contributed by atoms with E-state index in [9.17, 15) is 0 Å². The molecule has 5 atom stereocenters. The van der Waals surface area contributed by atoms with Crippen molar-refractivity contribution >= 4 is 86.5 Å². The molecule has 4 aliphatic heterocycles. The molecule has 0 bridgehead atoms. The number of benzene rings is 6. The van der Waals surface area contributed by atoms with Gasteiger partial charge in [-0.05, 0) is 144 Å². The molecule has 15 rings (SSSR count). The number of rotatable bonds is 4. The van der Waals surface area contributed by atoms with Gasteiger partial charge < -0.3 is 14.7 Å². The predicted molar refractivity (Wildman–Crippen MR) is 267 cm³/mol. The summed E-state index contributed by atoms with van der Waals surface area (Å²) in [5, 5.41) is 4.74. The quantitative estimate of drug-likeness (QED) is 0.164. The molecule has 5 unspecified atom stereocenters. The molecule has 9 aliphatic rings. The summed E-state index contributed by atoms with van der Waals surface area (Å²) in [6.45, 7) is 15.1. The molecule has 0 amide bonds. The lowest BCUT2D eigenvalue weighted by molar-refractivity contribution is -0.385. The summed E-state index contributed by atoms with van der Waals surface area (Å²) in [6.07, 6.45) is 10.7. The summed E-state index contributed by atoms with van der Waals surface area (Å²) in [6, 6.07) is 51.4. The van der Waals surface area contributed by atoms with Crippen LogP contribution in [0.3, 0.4) is 0 Å². The third-order valence-corrected chi connectivity index (χ3v) is 24.9. The molecule has 0 saturated heterocycles. The molecule has 6 aromatic rings. The van der Waals surface area contributed by atoms with E-state index in [2.05, 4.69) is 183 Å². The van der Waals surface area contributed by atoms with Crippen molar-refractivity contribution in [2.45, 2.75) is 114 Å². The largest absolute Gasteiger partial charge is 0.335 e. The zero-order valence-corrected chi connectivity index (χ0v) is 38.9. The van der Waals surface area contributed by atoms with Crippen LogP contribution >= 0.6 is 0 Å². The number of nitrogens with zero attached hydrogens (tertiary/aromatic N) is 3. The van der Waals surface area contributed by atoms with Crippen LogP contribution in [0.15, 0.2) is 127 Å². The van der Waals surface area contributed by atoms with E-state index in [1.165, 1.54) is 102 Å². The average Bonchev–Trinajstić information content (AvgIpc) is 3.47. The fraction of sp³-hybridized carbons (Fsp3) is 0.379. The van der Waals surface area contributed by atoms with Crippen LogP contribution in [0.25, 0.3) is 0 Å². The second-order valence-corrected chi connectivity index (χ2v) is 27.3. The van der Waals surface area contributed by atoms with Crippen molar-refractivity contribution < 1.29 is 0 Å². The molecular weight excluding hydrogens is 778 g/mol. The van der Waals surface area contributed by atoms with Gasteiger partial charge in [0.25, 0.3) is 6.71 Å². The first-order chi connectivity index (χ1) is 30.4. The standard InChI is InChI=1S/C58H58BN3Si/c1-54(2,3)36-24-26-40(27-25-36)60-45-20-14-22-49-52(45)59-51-47(60)32-41(61-44-19-11-10-18-43(44)55(4)28-12-13-29-56(55,61)5)33-48(51)62(57-34-38-30-37-31-39(35-57)58(37,38)57)46-21-15-23-50(53(46)59)63(49,6)42-16-8-7-9-17-42/h7-11,14-27,32-33,37-39H,12-13,28-31,34-35H2,1-6H3. The molecule has 5 aliphatic carbocycles. The molecule has 5 fully saturated rings. The molecule has 5 saturated carbocycles. The lowest BCUT2D eigenvalue weighted by Gasteiger charge is -2.92. The van der Waals surface area contributed by atoms with Gasteiger partial charge in [-0.15, -0.1) is 0 Å². The van der Waals surface area contributed by atoms with E-state index < -0.39 is 8.07 Å². The smallest absolute Gasteiger partial charge is 0.251 e. The van der Waals surface area contributed by atoms with Crippen LogP contribution in [0, 0.1) is 23.2 Å². The second kappa shape index (κ2) is 11.3. The maximum absolute atomic E-state index is 3.09. The highest BCUT2D eigenvalue weighted by molar-refractivity contribution is 7.21. The highest BCUT2D eigenvalue weighted by Crippen LogP contribution is 2.91. The Kier molecular flexibility index (Phi) is 6.50. The van der Waals surface area contributed by atoms with Gasteiger partial charge in [-0.25, -0.2) is 0 Å². The number of fused-ring (bicyclic) bond motifs is 3. The molecule has 0 aromatic heterocycles. The molecule has 4 heterocycles. The molecule has 0 N–H and O–H groups in total. The van der Waals surface area contributed by atoms with Crippen molar-refractivity contribution in [1.29, 1.82) is 0 Å². The summed E-state index contributed by atoms with van der Waals surface area (Å²) in [5.41, 5.74) is 18.4.